The molecule has 0 radical (unpaired) electrons. The molecular weight excluding hydrogens is 1870 g/mol. The summed E-state index contributed by atoms with van der Waals surface area (Å²) in [6, 6.07) is 178. The molecule has 0 saturated heterocycles. The normalized spacial score (nSPS) is 16.0. The van der Waals surface area contributed by atoms with Crippen LogP contribution in [0, 0.1) is 5.82 Å². The van der Waals surface area contributed by atoms with E-state index in [1.165, 1.54) is 147 Å². The van der Waals surface area contributed by atoms with Gasteiger partial charge in [-0.1, -0.05) is 388 Å². The van der Waals surface area contributed by atoms with Crippen LogP contribution in [0.25, 0.3) is 150 Å². The molecule has 0 aliphatic heterocycles. The van der Waals surface area contributed by atoms with Crippen LogP contribution >= 0.6 is 45.3 Å². The summed E-state index contributed by atoms with van der Waals surface area (Å²) >= 11 is 6.95. The standard InChI is InChI=1S/C37H24N2S.C35H22N2S.C32H20FNS.C31H20N2S/c1-2-11-27(12-3-1)37(34-19-8-9-24-38-34)30-15-5-4-13-29(30)35-28(14-10-16-31(35)37)25-20-22-26(23-21-25)36-39-32-17-6-7-18-33(32)40-36;1-2-11-25(12-3-1)35(26-20-23-10-4-7-15-31(23)36-22-26)29-14-6-5-13-27(29)28-19-18-24(21-30(28)35)34-37-32-16-8-9-17-33(32)38-34;33-24-17-15-23(16-18-24)32(22-8-2-1-3-9-22)27-11-5-4-10-25(27)26-19-14-21(20-28(26)32)31-34-29-12-6-7-13-30(29)35-31;1-2-10-22(11-3-1)31(29-16-8-9-19-32-29)25-13-5-4-12-23(25)24-18-17-21(20-26(24)31)30-33-27-14-6-7-15-28(27)34-30/h1-24H;1-22H;1-20H;1-20H. The van der Waals surface area contributed by atoms with Gasteiger partial charge in [-0.05, 0) is 249 Å². The van der Waals surface area contributed by atoms with Crippen LogP contribution in [-0.2, 0) is 21.7 Å². The molecule has 12 heteroatoms. The Hall–Kier alpha value is -17.6. The maximum Gasteiger partial charge on any atom is 0.124 e. The van der Waals surface area contributed by atoms with E-state index in [2.05, 4.69) is 443 Å². The second-order valence-corrected chi connectivity index (χ2v) is 41.7. The Kier molecular flexibility index (Phi) is 22.0. The fourth-order valence-electron chi connectivity index (χ4n) is 23.5. The van der Waals surface area contributed by atoms with E-state index >= 15 is 0 Å². The summed E-state index contributed by atoms with van der Waals surface area (Å²) in [7, 11) is 0. The molecule has 0 bridgehead atoms. The van der Waals surface area contributed by atoms with Gasteiger partial charge in [-0.2, -0.15) is 0 Å². The Morgan fingerprint density at radius 2 is 0.483 bits per heavy atom. The Morgan fingerprint density at radius 3 is 0.905 bits per heavy atom. The number of para-hydroxylation sites is 5. The van der Waals surface area contributed by atoms with Gasteiger partial charge >= 0.3 is 0 Å². The summed E-state index contributed by atoms with van der Waals surface area (Å²) in [6.07, 6.45) is 5.88. The number of fused-ring (bicyclic) bond motifs is 17. The van der Waals surface area contributed by atoms with E-state index in [1.807, 2.05) is 67.0 Å². The first-order valence-electron chi connectivity index (χ1n) is 49.4. The minimum Gasteiger partial charge on any atom is -0.260 e. The topological polar surface area (TPSA) is 90.2 Å². The second kappa shape index (κ2) is 36.7. The third-order valence-corrected chi connectivity index (χ3v) is 34.1. The Balaban J connectivity index is 0.0000000971. The lowest BCUT2D eigenvalue weighted by Gasteiger charge is -2.34. The molecule has 19 aromatic carbocycles. The van der Waals surface area contributed by atoms with Gasteiger partial charge in [0.15, 0.2) is 0 Å². The van der Waals surface area contributed by atoms with Crippen molar-refractivity contribution in [3.8, 4) is 97.9 Å². The molecule has 30 rings (SSSR count). The molecule has 4 aliphatic rings. The third kappa shape index (κ3) is 14.6. The maximum atomic E-state index is 14.1. The zero-order chi connectivity index (χ0) is 97.6. The smallest absolute Gasteiger partial charge is 0.124 e. The Morgan fingerprint density at radius 1 is 0.184 bits per heavy atom. The predicted molar refractivity (Wildman–Crippen MR) is 606 cm³/mol. The number of nitrogens with zero attached hydrogens (tertiary/aromatic N) is 7. The fourth-order valence-corrected chi connectivity index (χ4v) is 27.4. The third-order valence-electron chi connectivity index (χ3n) is 29.8. The number of thiazole rings is 4. The molecule has 7 heterocycles. The summed E-state index contributed by atoms with van der Waals surface area (Å²) in [5.41, 5.74) is 39.4. The van der Waals surface area contributed by atoms with E-state index in [9.17, 15) is 4.39 Å². The highest BCUT2D eigenvalue weighted by Crippen LogP contribution is 2.63. The molecule has 0 amide bonds. The lowest BCUT2D eigenvalue weighted by Crippen LogP contribution is -2.29. The van der Waals surface area contributed by atoms with Gasteiger partial charge in [0, 0.05) is 46.2 Å². The molecule has 0 fully saturated rings. The van der Waals surface area contributed by atoms with Gasteiger partial charge in [-0.15, -0.1) is 45.3 Å². The number of hydrogen-bond acceptors (Lipinski definition) is 11. The van der Waals surface area contributed by atoms with Crippen LogP contribution in [-0.4, -0.2) is 34.9 Å². The first kappa shape index (κ1) is 88.3. The van der Waals surface area contributed by atoms with Crippen molar-refractivity contribution in [1.82, 2.24) is 34.9 Å². The molecule has 26 aromatic rings. The van der Waals surface area contributed by atoms with E-state index in [4.69, 9.17) is 34.9 Å². The van der Waals surface area contributed by atoms with Gasteiger partial charge in [0.05, 0.1) is 79.4 Å². The van der Waals surface area contributed by atoms with Crippen LogP contribution in [0.1, 0.15) is 89.3 Å². The molecular formula is C135H86FN7S4. The quantitative estimate of drug-likeness (QED) is 0.114. The van der Waals surface area contributed by atoms with Crippen molar-refractivity contribution in [3.05, 3.63) is 617 Å². The van der Waals surface area contributed by atoms with Crippen molar-refractivity contribution >= 4 is 97.1 Å². The number of aromatic nitrogens is 7. The van der Waals surface area contributed by atoms with Gasteiger partial charge in [0.25, 0.3) is 0 Å². The largest absolute Gasteiger partial charge is 0.260 e. The van der Waals surface area contributed by atoms with Gasteiger partial charge in [0.2, 0.25) is 0 Å². The van der Waals surface area contributed by atoms with Crippen LogP contribution < -0.4 is 0 Å². The van der Waals surface area contributed by atoms with Crippen molar-refractivity contribution in [2.45, 2.75) is 21.7 Å². The molecule has 4 atom stereocenters. The summed E-state index contributed by atoms with van der Waals surface area (Å²) in [5.74, 6) is -0.230. The first-order chi connectivity index (χ1) is 72.8. The highest BCUT2D eigenvalue weighted by molar-refractivity contribution is 7.22. The number of hydrogen-bond donors (Lipinski definition) is 0. The minimum absolute atomic E-state index is 0.230. The second-order valence-electron chi connectivity index (χ2n) is 37.5. The monoisotopic (exact) mass is 1950 g/mol. The summed E-state index contributed by atoms with van der Waals surface area (Å²) in [5, 5.41) is 5.29. The number of benzene rings is 19. The van der Waals surface area contributed by atoms with Crippen LogP contribution in [0.5, 0.6) is 0 Å². The van der Waals surface area contributed by atoms with E-state index in [1.54, 1.807) is 57.5 Å². The van der Waals surface area contributed by atoms with Crippen LogP contribution in [0.3, 0.4) is 0 Å². The van der Waals surface area contributed by atoms with Gasteiger partial charge in [-0.25, -0.2) is 24.3 Å². The minimum atomic E-state index is -0.548. The lowest BCUT2D eigenvalue weighted by atomic mass is 9.67. The van der Waals surface area contributed by atoms with Gasteiger partial charge < -0.3 is 0 Å². The van der Waals surface area contributed by atoms with E-state index in [-0.39, 0.29) is 5.82 Å². The average Bonchev–Trinajstić information content (AvgIpc) is 1.62. The van der Waals surface area contributed by atoms with E-state index < -0.39 is 21.7 Å². The molecule has 4 aliphatic carbocycles. The predicted octanol–water partition coefficient (Wildman–Crippen LogP) is 34.4. The van der Waals surface area contributed by atoms with E-state index in [0.717, 1.165) is 92.2 Å². The molecule has 4 unspecified atom stereocenters. The van der Waals surface area contributed by atoms with E-state index in [0.29, 0.717) is 0 Å². The number of pyridine rings is 3. The Bertz CT molecular complexity index is 9320. The molecule has 7 aromatic heterocycles. The zero-order valence-electron chi connectivity index (χ0n) is 79.3. The molecule has 0 saturated carbocycles. The molecule has 692 valence electrons. The highest BCUT2D eigenvalue weighted by atomic mass is 32.1. The highest BCUT2D eigenvalue weighted by Gasteiger charge is 2.52. The van der Waals surface area contributed by atoms with Crippen LogP contribution in [0.4, 0.5) is 4.39 Å². The SMILES string of the molecule is Fc1ccc(C2(c3ccccc3)c3ccccc3-c3ccc(-c4nc5ccccc5s4)cc32)cc1.c1ccc(C2(c3ccccn3)c3ccccc3-c3c(-c4ccc(-c5nc6ccccc6s5)cc4)cccc32)cc1.c1ccc(C2(c3ccccn3)c3ccccc3-c3ccc(-c4nc5ccccc5s4)cc32)cc1.c1ccc(C2(c3cnc4ccccc4c3)c3ccccc3-c3ccc(-c4nc5ccccc5s4)cc32)cc1. The summed E-state index contributed by atoms with van der Waals surface area (Å²) in [6.45, 7) is 0. The van der Waals surface area contributed by atoms with Crippen LogP contribution in [0.2, 0.25) is 0 Å². The molecule has 7 nitrogen and oxygen atoms in total. The fraction of sp³-hybridized carbons (Fsp3) is 0.0296. The van der Waals surface area contributed by atoms with Crippen molar-refractivity contribution in [2.75, 3.05) is 0 Å². The van der Waals surface area contributed by atoms with Gasteiger partial charge in [-0.3, -0.25) is 15.0 Å². The van der Waals surface area contributed by atoms with Crippen molar-refractivity contribution in [2.24, 2.45) is 0 Å². The molecule has 147 heavy (non-hydrogen) atoms. The maximum absolute atomic E-state index is 14.1. The first-order valence-corrected chi connectivity index (χ1v) is 52.7. The number of rotatable bonds is 13. The Labute approximate surface area is 866 Å². The van der Waals surface area contributed by atoms with Crippen molar-refractivity contribution in [1.29, 1.82) is 0 Å². The summed E-state index contributed by atoms with van der Waals surface area (Å²) in [4.78, 5) is 34.6. The molecule has 0 spiro atoms. The zero-order valence-corrected chi connectivity index (χ0v) is 82.6. The summed E-state index contributed by atoms with van der Waals surface area (Å²) < 4.78 is 18.9. The van der Waals surface area contributed by atoms with Crippen LogP contribution in [0.15, 0.2) is 522 Å². The average molecular weight is 1950 g/mol. The van der Waals surface area contributed by atoms with Crippen molar-refractivity contribution in [3.63, 3.8) is 0 Å². The molecule has 0 N–H and O–H groups in total. The number of halogens is 1. The van der Waals surface area contributed by atoms with Gasteiger partial charge in [0.1, 0.15) is 25.8 Å². The van der Waals surface area contributed by atoms with Crippen molar-refractivity contribution < 1.29 is 4.39 Å². The lowest BCUT2D eigenvalue weighted by molar-refractivity contribution is 0.625.